The van der Waals surface area contributed by atoms with Gasteiger partial charge in [-0.05, 0) is 36.8 Å². The second-order valence-electron chi connectivity index (χ2n) is 8.42. The minimum absolute atomic E-state index is 0.0381. The van der Waals surface area contributed by atoms with Crippen molar-refractivity contribution in [2.24, 2.45) is 0 Å². The van der Waals surface area contributed by atoms with Crippen LogP contribution in [0.3, 0.4) is 0 Å². The highest BCUT2D eigenvalue weighted by atomic mass is 16.4. The molecule has 4 N–H and O–H groups in total. The first-order valence-corrected chi connectivity index (χ1v) is 10.7. The van der Waals surface area contributed by atoms with Crippen molar-refractivity contribution in [3.05, 3.63) is 65.0 Å². The second-order valence-corrected chi connectivity index (χ2v) is 8.42. The van der Waals surface area contributed by atoms with Crippen LogP contribution in [0.1, 0.15) is 44.4 Å². The van der Waals surface area contributed by atoms with Crippen LogP contribution >= 0.6 is 0 Å². The number of hydrogen-bond acceptors (Lipinski definition) is 9. The molecule has 172 valence electrons. The van der Waals surface area contributed by atoms with Gasteiger partial charge in [-0.3, -0.25) is 4.79 Å². The van der Waals surface area contributed by atoms with Crippen molar-refractivity contribution in [3.8, 4) is 17.2 Å². The number of benzene rings is 3. The third-order valence-corrected chi connectivity index (χ3v) is 6.26. The summed E-state index contributed by atoms with van der Waals surface area (Å²) in [5, 5.41) is 41.0. The number of carbonyl (C=O) groups excluding carboxylic acids is 1. The summed E-state index contributed by atoms with van der Waals surface area (Å²) >= 11 is 0. The van der Waals surface area contributed by atoms with Crippen molar-refractivity contribution >= 4 is 44.9 Å². The van der Waals surface area contributed by atoms with Crippen LogP contribution in [-0.4, -0.2) is 52.1 Å². The van der Waals surface area contributed by atoms with Crippen molar-refractivity contribution in [2.75, 3.05) is 0 Å². The van der Waals surface area contributed by atoms with Gasteiger partial charge in [-0.2, -0.15) is 0 Å². The Morgan fingerprint density at radius 2 is 1.43 bits per heavy atom. The lowest BCUT2D eigenvalue weighted by Crippen LogP contribution is -2.22. The van der Waals surface area contributed by atoms with Crippen LogP contribution in [0.2, 0.25) is 0 Å². The first-order chi connectivity index (χ1) is 16.8. The van der Waals surface area contributed by atoms with Gasteiger partial charge in [0.2, 0.25) is 0 Å². The summed E-state index contributed by atoms with van der Waals surface area (Å²) in [4.78, 5) is 42.7. The highest BCUT2D eigenvalue weighted by Crippen LogP contribution is 2.41. The fourth-order valence-electron chi connectivity index (χ4n) is 4.70. The number of phenolic OH excluding ortho intramolecular Hbond substituents is 3. The summed E-state index contributed by atoms with van der Waals surface area (Å²) in [6, 6.07) is 10.5. The lowest BCUT2D eigenvalue weighted by atomic mass is 9.81. The second kappa shape index (κ2) is 7.32. The van der Waals surface area contributed by atoms with E-state index < -0.39 is 11.9 Å². The number of carbonyl (C=O) groups is 2. The molecule has 0 amide bonds. The van der Waals surface area contributed by atoms with E-state index in [1.807, 2.05) is 0 Å². The summed E-state index contributed by atoms with van der Waals surface area (Å²) in [5.41, 5.74) is 1.76. The van der Waals surface area contributed by atoms with Crippen molar-refractivity contribution < 1.29 is 30.0 Å². The molecule has 0 saturated heterocycles. The number of rotatable bonds is 2. The highest BCUT2D eigenvalue weighted by Gasteiger charge is 2.33. The molecule has 0 saturated carbocycles. The summed E-state index contributed by atoms with van der Waals surface area (Å²) in [6.45, 7) is 0. The number of Topliss-reactive ketones (excluding diaryl/α,β-unsaturated/α-hetero) is 1. The Morgan fingerprint density at radius 3 is 2.11 bits per heavy atom. The van der Waals surface area contributed by atoms with E-state index in [4.69, 9.17) is 0 Å². The molecular formula is C25H16N4O6. The number of phenols is 3. The summed E-state index contributed by atoms with van der Waals surface area (Å²) in [7, 11) is 0. The summed E-state index contributed by atoms with van der Waals surface area (Å²) in [6.07, 6.45) is 0.172. The Kier molecular flexibility index (Phi) is 4.34. The topological polar surface area (TPSA) is 167 Å². The van der Waals surface area contributed by atoms with Crippen molar-refractivity contribution in [2.45, 2.75) is 18.8 Å². The van der Waals surface area contributed by atoms with Gasteiger partial charge in [0.1, 0.15) is 39.5 Å². The molecular weight excluding hydrogens is 452 g/mol. The molecule has 1 atom stereocenters. The van der Waals surface area contributed by atoms with Crippen LogP contribution < -0.4 is 0 Å². The first-order valence-electron chi connectivity index (χ1n) is 10.7. The predicted octanol–water partition coefficient (Wildman–Crippen LogP) is 3.45. The van der Waals surface area contributed by atoms with E-state index >= 15 is 0 Å². The molecule has 3 aromatic carbocycles. The molecule has 6 rings (SSSR count). The van der Waals surface area contributed by atoms with Gasteiger partial charge >= 0.3 is 5.97 Å². The van der Waals surface area contributed by atoms with Crippen LogP contribution in [-0.2, 0) is 6.42 Å². The van der Waals surface area contributed by atoms with E-state index in [9.17, 15) is 30.0 Å². The molecule has 0 fully saturated rings. The monoisotopic (exact) mass is 468 g/mol. The number of nitrogens with zero attached hydrogens (tertiary/aromatic N) is 4. The van der Waals surface area contributed by atoms with E-state index in [-0.39, 0.29) is 74.8 Å². The van der Waals surface area contributed by atoms with Gasteiger partial charge in [0.25, 0.3) is 0 Å². The quantitative estimate of drug-likeness (QED) is 0.282. The molecule has 10 heteroatoms. The lowest BCUT2D eigenvalue weighted by Gasteiger charge is -2.25. The Hall–Kier alpha value is -4.86. The van der Waals surface area contributed by atoms with Crippen LogP contribution in [0.15, 0.2) is 42.5 Å². The number of aromatic nitrogens is 4. The number of carboxylic acid groups (broad SMARTS) is 1. The molecule has 35 heavy (non-hydrogen) atoms. The number of aromatic hydroxyl groups is 3. The fraction of sp³-hybridized carbons (Fsp3) is 0.120. The maximum Gasteiger partial charge on any atom is 0.338 e. The predicted molar refractivity (Wildman–Crippen MR) is 124 cm³/mol. The van der Waals surface area contributed by atoms with Gasteiger partial charge in [-0.15, -0.1) is 0 Å². The average molecular weight is 468 g/mol. The number of para-hydroxylation sites is 2. The largest absolute Gasteiger partial charge is 0.508 e. The minimum atomic E-state index is -1.30. The zero-order valence-corrected chi connectivity index (χ0v) is 17.9. The van der Waals surface area contributed by atoms with E-state index in [1.165, 1.54) is 12.1 Å². The zero-order chi connectivity index (χ0) is 24.4. The van der Waals surface area contributed by atoms with Crippen molar-refractivity contribution in [1.82, 2.24) is 19.9 Å². The SMILES string of the molecule is O=C1C[C@H](c2c(O)cc(C(=O)O)c3nc4cccc(O)c4nc23)Cc2nc3cccc(O)c3nc21. The third kappa shape index (κ3) is 3.11. The number of aromatic carboxylic acids is 1. The van der Waals surface area contributed by atoms with E-state index in [0.717, 1.165) is 6.07 Å². The molecule has 0 aliphatic heterocycles. The molecule has 0 unspecified atom stereocenters. The molecule has 5 aromatic rings. The Balaban J connectivity index is 1.59. The third-order valence-electron chi connectivity index (χ3n) is 6.26. The molecule has 0 spiro atoms. The van der Waals surface area contributed by atoms with Crippen LogP contribution in [0.4, 0.5) is 0 Å². The smallest absolute Gasteiger partial charge is 0.338 e. The fourth-order valence-corrected chi connectivity index (χ4v) is 4.70. The molecule has 1 aliphatic rings. The van der Waals surface area contributed by atoms with E-state index in [2.05, 4.69) is 19.9 Å². The van der Waals surface area contributed by atoms with Crippen LogP contribution in [0.5, 0.6) is 17.2 Å². The number of fused-ring (bicyclic) bond motifs is 4. The maximum absolute atomic E-state index is 13.1. The molecule has 2 heterocycles. The highest BCUT2D eigenvalue weighted by molar-refractivity contribution is 6.06. The maximum atomic E-state index is 13.1. The van der Waals surface area contributed by atoms with Gasteiger partial charge in [0.05, 0.1) is 27.8 Å². The molecule has 1 aliphatic carbocycles. The van der Waals surface area contributed by atoms with Crippen LogP contribution in [0.25, 0.3) is 33.1 Å². The molecule has 10 nitrogen and oxygen atoms in total. The van der Waals surface area contributed by atoms with Gasteiger partial charge in [-0.1, -0.05) is 12.1 Å². The van der Waals surface area contributed by atoms with Crippen LogP contribution in [0, 0.1) is 0 Å². The van der Waals surface area contributed by atoms with Gasteiger partial charge < -0.3 is 20.4 Å². The number of carboxylic acids is 1. The Labute approximate surface area is 196 Å². The van der Waals surface area contributed by atoms with Crippen molar-refractivity contribution in [3.63, 3.8) is 0 Å². The zero-order valence-electron chi connectivity index (χ0n) is 17.9. The Bertz CT molecular complexity index is 1750. The number of hydrogen-bond donors (Lipinski definition) is 4. The molecule has 2 aromatic heterocycles. The standard InChI is InChI=1S/C25H16N4O6/c30-15-5-1-3-12-21(15)28-23-14(26-12)7-10(8-18(23)33)19-17(32)9-11(25(34)35)20-24(19)29-22-13(27-20)4-2-6-16(22)31/h1-6,9-10,30-32H,7-8H2,(H,34,35)/t10-/m1/s1. The summed E-state index contributed by atoms with van der Waals surface area (Å²) < 4.78 is 0. The summed E-state index contributed by atoms with van der Waals surface area (Å²) in [5.74, 6) is -2.80. The average Bonchev–Trinajstić information content (AvgIpc) is 2.82. The molecule has 0 bridgehead atoms. The van der Waals surface area contributed by atoms with Gasteiger partial charge in [0, 0.05) is 17.9 Å². The van der Waals surface area contributed by atoms with Crippen molar-refractivity contribution in [1.29, 1.82) is 0 Å². The van der Waals surface area contributed by atoms with Gasteiger partial charge in [0.15, 0.2) is 5.78 Å². The molecule has 0 radical (unpaired) electrons. The lowest BCUT2D eigenvalue weighted by molar-refractivity contribution is 0.0698. The number of ketones is 1. The Morgan fingerprint density at radius 1 is 0.771 bits per heavy atom. The van der Waals surface area contributed by atoms with E-state index in [1.54, 1.807) is 24.3 Å². The van der Waals surface area contributed by atoms with E-state index in [0.29, 0.717) is 16.7 Å². The minimum Gasteiger partial charge on any atom is -0.508 e. The first kappa shape index (κ1) is 20.7. The normalized spacial score (nSPS) is 15.5. The van der Waals surface area contributed by atoms with Gasteiger partial charge in [-0.25, -0.2) is 24.7 Å².